The molecular weight excluding hydrogens is 134 g/mol. The summed E-state index contributed by atoms with van der Waals surface area (Å²) in [5.41, 5.74) is 0. The molecule has 0 aromatic heterocycles. The summed E-state index contributed by atoms with van der Waals surface area (Å²) in [4.78, 5) is 0. The van der Waals surface area contributed by atoms with Crippen LogP contribution in [0.5, 0.6) is 0 Å². The van der Waals surface area contributed by atoms with Crippen LogP contribution in [0, 0.1) is 12.3 Å². The van der Waals surface area contributed by atoms with E-state index in [1.165, 1.54) is 0 Å². The van der Waals surface area contributed by atoms with Gasteiger partial charge in [0.1, 0.15) is 0 Å². The van der Waals surface area contributed by atoms with Crippen LogP contribution in [-0.4, -0.2) is 13.1 Å². The van der Waals surface area contributed by atoms with E-state index in [1.807, 2.05) is 6.92 Å². The second-order valence-corrected chi connectivity index (χ2v) is 2.42. The Bertz CT molecular complexity index is 130. The van der Waals surface area contributed by atoms with Crippen molar-refractivity contribution in [1.29, 1.82) is 0 Å². The Morgan fingerprint density at radius 3 is 2.91 bits per heavy atom. The molecule has 0 unspecified atom stereocenters. The Balaban J connectivity index is 2.86. The largest absolute Gasteiger partial charge is 0.316 e. The predicted octanol–water partition coefficient (Wildman–Crippen LogP) is 1.96. The SMILES string of the molecule is C#CCCCNCC/C=C/C. The standard InChI is InChI=1S/C10H17N/c1-3-5-7-9-11-10-8-6-4-2/h1,4,6,11H,5,7-10H2,2H3/b6-4+. The monoisotopic (exact) mass is 151 g/mol. The lowest BCUT2D eigenvalue weighted by atomic mass is 10.3. The van der Waals surface area contributed by atoms with Gasteiger partial charge in [0.15, 0.2) is 0 Å². The van der Waals surface area contributed by atoms with E-state index in [-0.39, 0.29) is 0 Å². The first-order valence-corrected chi connectivity index (χ1v) is 4.17. The van der Waals surface area contributed by atoms with Crippen LogP contribution in [0.3, 0.4) is 0 Å². The zero-order chi connectivity index (χ0) is 8.36. The Morgan fingerprint density at radius 2 is 2.27 bits per heavy atom. The van der Waals surface area contributed by atoms with Gasteiger partial charge in [0.05, 0.1) is 0 Å². The molecule has 0 bridgehead atoms. The number of rotatable bonds is 6. The zero-order valence-electron chi connectivity index (χ0n) is 7.27. The molecule has 0 aromatic rings. The predicted molar refractivity (Wildman–Crippen MR) is 50.4 cm³/mol. The smallest absolute Gasteiger partial charge is 0.00981 e. The number of allylic oxidation sites excluding steroid dienone is 1. The molecule has 62 valence electrons. The lowest BCUT2D eigenvalue weighted by Gasteiger charge is -1.98. The van der Waals surface area contributed by atoms with Crippen molar-refractivity contribution in [3.63, 3.8) is 0 Å². The minimum absolute atomic E-state index is 0.886. The first kappa shape index (κ1) is 10.3. The fourth-order valence-corrected chi connectivity index (χ4v) is 0.793. The van der Waals surface area contributed by atoms with Crippen LogP contribution in [0.2, 0.25) is 0 Å². The van der Waals surface area contributed by atoms with Gasteiger partial charge >= 0.3 is 0 Å². The van der Waals surface area contributed by atoms with E-state index in [1.54, 1.807) is 0 Å². The summed E-state index contributed by atoms with van der Waals surface area (Å²) in [5.74, 6) is 2.62. The van der Waals surface area contributed by atoms with E-state index in [0.29, 0.717) is 0 Å². The van der Waals surface area contributed by atoms with Gasteiger partial charge in [0, 0.05) is 6.42 Å². The molecule has 0 spiro atoms. The van der Waals surface area contributed by atoms with Crippen molar-refractivity contribution >= 4 is 0 Å². The van der Waals surface area contributed by atoms with Crippen LogP contribution in [-0.2, 0) is 0 Å². The molecule has 1 heteroatoms. The van der Waals surface area contributed by atoms with Crippen molar-refractivity contribution < 1.29 is 0 Å². The molecule has 0 aliphatic rings. The summed E-state index contributed by atoms with van der Waals surface area (Å²) in [6.07, 6.45) is 12.4. The summed E-state index contributed by atoms with van der Waals surface area (Å²) in [6, 6.07) is 0. The first-order chi connectivity index (χ1) is 5.41. The number of hydrogen-bond acceptors (Lipinski definition) is 1. The lowest BCUT2D eigenvalue weighted by Crippen LogP contribution is -2.15. The van der Waals surface area contributed by atoms with Crippen molar-refractivity contribution in [2.24, 2.45) is 0 Å². The molecule has 0 saturated carbocycles. The summed E-state index contributed by atoms with van der Waals surface area (Å²) < 4.78 is 0. The molecule has 0 heterocycles. The Kier molecular flexibility index (Phi) is 8.64. The van der Waals surface area contributed by atoms with Gasteiger partial charge in [-0.15, -0.1) is 12.3 Å². The molecule has 0 radical (unpaired) electrons. The highest BCUT2D eigenvalue weighted by molar-refractivity contribution is 4.83. The molecule has 1 nitrogen and oxygen atoms in total. The van der Waals surface area contributed by atoms with Crippen molar-refractivity contribution in [2.75, 3.05) is 13.1 Å². The highest BCUT2D eigenvalue weighted by Gasteiger charge is 1.83. The topological polar surface area (TPSA) is 12.0 Å². The molecule has 11 heavy (non-hydrogen) atoms. The average molecular weight is 151 g/mol. The maximum atomic E-state index is 5.10. The van der Waals surface area contributed by atoms with Gasteiger partial charge in [0.2, 0.25) is 0 Å². The molecular formula is C10H17N. The summed E-state index contributed by atoms with van der Waals surface area (Å²) in [7, 11) is 0. The Morgan fingerprint density at radius 1 is 1.45 bits per heavy atom. The highest BCUT2D eigenvalue weighted by Crippen LogP contribution is 1.84. The van der Waals surface area contributed by atoms with Crippen LogP contribution < -0.4 is 5.32 Å². The third-order valence-corrected chi connectivity index (χ3v) is 1.40. The van der Waals surface area contributed by atoms with E-state index in [0.717, 1.165) is 32.4 Å². The highest BCUT2D eigenvalue weighted by atomic mass is 14.8. The fourth-order valence-electron chi connectivity index (χ4n) is 0.793. The summed E-state index contributed by atoms with van der Waals surface area (Å²) >= 11 is 0. The first-order valence-electron chi connectivity index (χ1n) is 4.17. The molecule has 1 N–H and O–H groups in total. The molecule has 0 rings (SSSR count). The quantitative estimate of drug-likeness (QED) is 0.347. The normalized spacial score (nSPS) is 10.2. The maximum absolute atomic E-state index is 5.10. The van der Waals surface area contributed by atoms with Crippen LogP contribution in [0.15, 0.2) is 12.2 Å². The van der Waals surface area contributed by atoms with E-state index < -0.39 is 0 Å². The third-order valence-electron chi connectivity index (χ3n) is 1.40. The van der Waals surface area contributed by atoms with Gasteiger partial charge in [-0.2, -0.15) is 0 Å². The summed E-state index contributed by atoms with van der Waals surface area (Å²) in [5, 5.41) is 3.31. The molecule has 0 aliphatic carbocycles. The van der Waals surface area contributed by atoms with E-state index in [2.05, 4.69) is 23.4 Å². The molecule has 0 atom stereocenters. The van der Waals surface area contributed by atoms with Crippen LogP contribution >= 0.6 is 0 Å². The van der Waals surface area contributed by atoms with Crippen molar-refractivity contribution in [2.45, 2.75) is 26.2 Å². The van der Waals surface area contributed by atoms with Crippen LogP contribution in [0.1, 0.15) is 26.2 Å². The van der Waals surface area contributed by atoms with Gasteiger partial charge in [-0.1, -0.05) is 12.2 Å². The van der Waals surface area contributed by atoms with E-state index >= 15 is 0 Å². The van der Waals surface area contributed by atoms with Gasteiger partial charge in [-0.05, 0) is 32.9 Å². The van der Waals surface area contributed by atoms with Gasteiger partial charge in [-0.3, -0.25) is 0 Å². The molecule has 0 amide bonds. The van der Waals surface area contributed by atoms with Crippen molar-refractivity contribution in [1.82, 2.24) is 5.32 Å². The number of hydrogen-bond donors (Lipinski definition) is 1. The average Bonchev–Trinajstić information content (AvgIpc) is 2.03. The number of nitrogens with one attached hydrogen (secondary N) is 1. The number of unbranched alkanes of at least 4 members (excludes halogenated alkanes) is 1. The van der Waals surface area contributed by atoms with Crippen molar-refractivity contribution in [3.05, 3.63) is 12.2 Å². The fraction of sp³-hybridized carbons (Fsp3) is 0.600. The zero-order valence-corrected chi connectivity index (χ0v) is 7.27. The molecule has 0 aliphatic heterocycles. The lowest BCUT2D eigenvalue weighted by molar-refractivity contribution is 0.662. The summed E-state index contributed by atoms with van der Waals surface area (Å²) in [6.45, 7) is 4.15. The van der Waals surface area contributed by atoms with Gasteiger partial charge < -0.3 is 5.32 Å². The van der Waals surface area contributed by atoms with E-state index in [9.17, 15) is 0 Å². The van der Waals surface area contributed by atoms with Gasteiger partial charge in [-0.25, -0.2) is 0 Å². The van der Waals surface area contributed by atoms with Crippen LogP contribution in [0.4, 0.5) is 0 Å². The third kappa shape index (κ3) is 9.26. The second kappa shape index (κ2) is 9.26. The molecule has 0 fully saturated rings. The maximum Gasteiger partial charge on any atom is 0.00981 e. The minimum Gasteiger partial charge on any atom is -0.316 e. The van der Waals surface area contributed by atoms with Gasteiger partial charge in [0.25, 0.3) is 0 Å². The number of terminal acetylenes is 1. The minimum atomic E-state index is 0.886. The van der Waals surface area contributed by atoms with Crippen molar-refractivity contribution in [3.8, 4) is 12.3 Å². The Hall–Kier alpha value is -0.740. The Labute approximate surface area is 69.9 Å². The van der Waals surface area contributed by atoms with E-state index in [4.69, 9.17) is 6.42 Å². The van der Waals surface area contributed by atoms with Crippen LogP contribution in [0.25, 0.3) is 0 Å². The second-order valence-electron chi connectivity index (χ2n) is 2.42. The molecule has 0 aromatic carbocycles. The molecule has 0 saturated heterocycles.